The van der Waals surface area contributed by atoms with Crippen LogP contribution < -0.4 is 10.5 Å². The molecule has 0 spiro atoms. The summed E-state index contributed by atoms with van der Waals surface area (Å²) in [7, 11) is 1.44. The van der Waals surface area contributed by atoms with Gasteiger partial charge in [0.05, 0.1) is 13.2 Å². The zero-order valence-electron chi connectivity index (χ0n) is 9.11. The minimum Gasteiger partial charge on any atom is -0.494 e. The van der Waals surface area contributed by atoms with Crippen molar-refractivity contribution in [3.63, 3.8) is 0 Å². The van der Waals surface area contributed by atoms with Gasteiger partial charge in [-0.3, -0.25) is 0 Å². The van der Waals surface area contributed by atoms with Gasteiger partial charge in [0.2, 0.25) is 0 Å². The molecular weight excluding hydrogens is 305 g/mol. The summed E-state index contributed by atoms with van der Waals surface area (Å²) >= 11 is 4.90. The fourth-order valence-corrected chi connectivity index (χ4v) is 3.23. The molecule has 2 rings (SSSR count). The number of hydrogen-bond donors (Lipinski definition) is 1. The van der Waals surface area contributed by atoms with Crippen LogP contribution in [-0.4, -0.2) is 7.11 Å². The van der Waals surface area contributed by atoms with E-state index in [-0.39, 0.29) is 5.75 Å². The van der Waals surface area contributed by atoms with Gasteiger partial charge in [0.25, 0.3) is 0 Å². The highest BCUT2D eigenvalue weighted by molar-refractivity contribution is 9.10. The van der Waals surface area contributed by atoms with E-state index in [0.717, 1.165) is 9.35 Å². The molecule has 1 aromatic heterocycles. The SMILES string of the molecule is COc1cccc(C(N)c2sccc2Br)c1F. The van der Waals surface area contributed by atoms with Crippen LogP contribution in [0.1, 0.15) is 16.5 Å². The topological polar surface area (TPSA) is 35.2 Å². The van der Waals surface area contributed by atoms with Crippen LogP contribution >= 0.6 is 27.3 Å². The van der Waals surface area contributed by atoms with Gasteiger partial charge in [-0.15, -0.1) is 11.3 Å². The molecule has 0 saturated heterocycles. The molecule has 5 heteroatoms. The van der Waals surface area contributed by atoms with Gasteiger partial charge in [-0.1, -0.05) is 12.1 Å². The van der Waals surface area contributed by atoms with Crippen LogP contribution in [-0.2, 0) is 0 Å². The van der Waals surface area contributed by atoms with Crippen LogP contribution in [0.5, 0.6) is 5.75 Å². The first-order valence-corrected chi connectivity index (χ1v) is 6.63. The number of thiophene rings is 1. The fraction of sp³-hybridized carbons (Fsp3) is 0.167. The van der Waals surface area contributed by atoms with Gasteiger partial charge in [0, 0.05) is 14.9 Å². The van der Waals surface area contributed by atoms with E-state index in [9.17, 15) is 4.39 Å². The largest absolute Gasteiger partial charge is 0.494 e. The second-order valence-electron chi connectivity index (χ2n) is 3.47. The van der Waals surface area contributed by atoms with E-state index in [0.29, 0.717) is 5.56 Å². The molecule has 17 heavy (non-hydrogen) atoms. The third kappa shape index (κ3) is 2.36. The highest BCUT2D eigenvalue weighted by atomic mass is 79.9. The van der Waals surface area contributed by atoms with Crippen molar-refractivity contribution in [3.05, 3.63) is 50.4 Å². The normalized spacial score (nSPS) is 12.5. The number of halogens is 2. The Morgan fingerprint density at radius 3 is 2.76 bits per heavy atom. The standard InChI is InChI=1S/C12H11BrFNOS/c1-16-9-4-2-3-7(10(9)14)11(15)12-8(13)5-6-17-12/h2-6,11H,15H2,1H3. The highest BCUT2D eigenvalue weighted by Crippen LogP contribution is 2.34. The quantitative estimate of drug-likeness (QED) is 0.937. The van der Waals surface area contributed by atoms with E-state index in [1.54, 1.807) is 18.2 Å². The lowest BCUT2D eigenvalue weighted by Gasteiger charge is -2.13. The first-order valence-electron chi connectivity index (χ1n) is 4.96. The van der Waals surface area contributed by atoms with E-state index in [1.807, 2.05) is 11.4 Å². The summed E-state index contributed by atoms with van der Waals surface area (Å²) in [6, 6.07) is 6.40. The molecule has 1 heterocycles. The molecule has 0 amide bonds. The van der Waals surface area contributed by atoms with Crippen molar-refractivity contribution >= 4 is 27.3 Å². The van der Waals surface area contributed by atoms with Crippen LogP contribution in [0, 0.1) is 5.82 Å². The van der Waals surface area contributed by atoms with Gasteiger partial charge in [0.1, 0.15) is 0 Å². The molecule has 2 nitrogen and oxygen atoms in total. The van der Waals surface area contributed by atoms with Crippen LogP contribution in [0.25, 0.3) is 0 Å². The summed E-state index contributed by atoms with van der Waals surface area (Å²) in [6.45, 7) is 0. The second kappa shape index (κ2) is 5.16. The minimum atomic E-state index is -0.487. The zero-order valence-corrected chi connectivity index (χ0v) is 11.5. The maximum atomic E-state index is 14.0. The molecule has 1 atom stereocenters. The molecule has 0 fully saturated rings. The molecule has 0 aliphatic rings. The summed E-state index contributed by atoms with van der Waals surface area (Å²) < 4.78 is 19.9. The second-order valence-corrected chi connectivity index (χ2v) is 5.28. The van der Waals surface area contributed by atoms with Gasteiger partial charge in [-0.2, -0.15) is 0 Å². The highest BCUT2D eigenvalue weighted by Gasteiger charge is 2.19. The Morgan fingerprint density at radius 1 is 1.41 bits per heavy atom. The van der Waals surface area contributed by atoms with Crippen molar-refractivity contribution in [2.75, 3.05) is 7.11 Å². The molecule has 1 aromatic carbocycles. The van der Waals surface area contributed by atoms with Crippen LogP contribution in [0.3, 0.4) is 0 Å². The summed E-state index contributed by atoms with van der Waals surface area (Å²) in [6.07, 6.45) is 0. The lowest BCUT2D eigenvalue weighted by Crippen LogP contribution is -2.13. The maximum Gasteiger partial charge on any atom is 0.170 e. The van der Waals surface area contributed by atoms with Gasteiger partial charge in [-0.25, -0.2) is 4.39 Å². The Balaban J connectivity index is 2.44. The molecule has 0 bridgehead atoms. The van der Waals surface area contributed by atoms with Crippen molar-refractivity contribution in [2.45, 2.75) is 6.04 Å². The van der Waals surface area contributed by atoms with Gasteiger partial charge >= 0.3 is 0 Å². The van der Waals surface area contributed by atoms with E-state index in [1.165, 1.54) is 18.4 Å². The van der Waals surface area contributed by atoms with Crippen LogP contribution in [0.15, 0.2) is 34.1 Å². The zero-order chi connectivity index (χ0) is 12.4. The molecule has 2 N–H and O–H groups in total. The monoisotopic (exact) mass is 315 g/mol. The van der Waals surface area contributed by atoms with Crippen molar-refractivity contribution in [3.8, 4) is 5.75 Å². The first kappa shape index (κ1) is 12.5. The molecule has 90 valence electrons. The Morgan fingerprint density at radius 2 is 2.18 bits per heavy atom. The Hall–Kier alpha value is -0.910. The molecule has 1 unspecified atom stereocenters. The predicted molar refractivity (Wildman–Crippen MR) is 71.0 cm³/mol. The number of nitrogens with two attached hydrogens (primary N) is 1. The van der Waals surface area contributed by atoms with E-state index >= 15 is 0 Å². The summed E-state index contributed by atoms with van der Waals surface area (Å²) in [5, 5.41) is 1.91. The van der Waals surface area contributed by atoms with Crippen molar-refractivity contribution in [1.82, 2.24) is 0 Å². The average Bonchev–Trinajstić information content (AvgIpc) is 2.75. The minimum absolute atomic E-state index is 0.214. The van der Waals surface area contributed by atoms with Gasteiger partial charge < -0.3 is 10.5 Å². The molecule has 0 aliphatic heterocycles. The fourth-order valence-electron chi connectivity index (χ4n) is 1.59. The van der Waals surface area contributed by atoms with Crippen molar-refractivity contribution in [1.29, 1.82) is 0 Å². The van der Waals surface area contributed by atoms with Crippen LogP contribution in [0.4, 0.5) is 4.39 Å². The smallest absolute Gasteiger partial charge is 0.170 e. The number of hydrogen-bond acceptors (Lipinski definition) is 3. The predicted octanol–water partition coefficient (Wildman–Crippen LogP) is 3.71. The van der Waals surface area contributed by atoms with E-state index in [4.69, 9.17) is 10.5 Å². The Labute approximate surface area is 111 Å². The lowest BCUT2D eigenvalue weighted by atomic mass is 10.1. The number of ether oxygens (including phenoxy) is 1. The molecule has 0 aliphatic carbocycles. The third-order valence-corrected chi connectivity index (χ3v) is 4.43. The first-order chi connectivity index (χ1) is 8.15. The lowest BCUT2D eigenvalue weighted by molar-refractivity contribution is 0.383. The molecule has 0 radical (unpaired) electrons. The van der Waals surface area contributed by atoms with Gasteiger partial charge in [0.15, 0.2) is 11.6 Å². The van der Waals surface area contributed by atoms with Crippen LogP contribution in [0.2, 0.25) is 0 Å². The summed E-state index contributed by atoms with van der Waals surface area (Å²) in [4.78, 5) is 0.900. The van der Waals surface area contributed by atoms with Gasteiger partial charge in [-0.05, 0) is 33.4 Å². The number of rotatable bonds is 3. The molecule has 2 aromatic rings. The third-order valence-electron chi connectivity index (χ3n) is 2.48. The number of methoxy groups -OCH3 is 1. The maximum absolute atomic E-state index is 14.0. The van der Waals surface area contributed by atoms with Crippen molar-refractivity contribution < 1.29 is 9.13 Å². The average molecular weight is 316 g/mol. The number of benzene rings is 1. The summed E-state index contributed by atoms with van der Waals surface area (Å²) in [5.74, 6) is -0.187. The summed E-state index contributed by atoms with van der Waals surface area (Å²) in [5.41, 5.74) is 6.51. The van der Waals surface area contributed by atoms with Crippen molar-refractivity contribution in [2.24, 2.45) is 5.73 Å². The Kier molecular flexibility index (Phi) is 3.81. The molecule has 0 saturated carbocycles. The van der Waals surface area contributed by atoms with E-state index < -0.39 is 11.9 Å². The Bertz CT molecular complexity index is 529. The molecular formula is C12H11BrFNOS. The van der Waals surface area contributed by atoms with E-state index in [2.05, 4.69) is 15.9 Å².